The maximum Gasteiger partial charge on any atom is 0.350 e. The molecule has 1 aromatic rings. The number of aliphatic carboxylic acids is 1. The van der Waals surface area contributed by atoms with Crippen LogP contribution in [0.5, 0.6) is 0 Å². The van der Waals surface area contributed by atoms with E-state index in [1.165, 1.54) is 23.1 Å². The lowest BCUT2D eigenvalue weighted by molar-refractivity contribution is -0.385. The molecule has 0 bridgehead atoms. The van der Waals surface area contributed by atoms with Crippen molar-refractivity contribution in [1.29, 1.82) is 0 Å². The molecule has 0 spiro atoms. The van der Waals surface area contributed by atoms with E-state index in [0.29, 0.717) is 24.2 Å². The third kappa shape index (κ3) is 4.34. The van der Waals surface area contributed by atoms with Gasteiger partial charge in [-0.2, -0.15) is 0 Å². The van der Waals surface area contributed by atoms with E-state index < -0.39 is 22.8 Å². The largest absolute Gasteiger partial charge is 0.478 e. The number of esters is 1. The van der Waals surface area contributed by atoms with E-state index in [1.807, 2.05) is 0 Å². The second kappa shape index (κ2) is 9.44. The van der Waals surface area contributed by atoms with Crippen molar-refractivity contribution in [3.63, 3.8) is 0 Å². The molecule has 0 fully saturated rings. The van der Waals surface area contributed by atoms with Crippen molar-refractivity contribution < 1.29 is 24.4 Å². The molecule has 0 aromatic heterocycles. The Balaban J connectivity index is 2.66. The first-order valence-corrected chi connectivity index (χ1v) is 8.96. The van der Waals surface area contributed by atoms with Gasteiger partial charge in [-0.1, -0.05) is 24.1 Å². The number of carboxylic acid groups (broad SMARTS) is 1. The molecular weight excluding hydrogens is 388 g/mol. The van der Waals surface area contributed by atoms with E-state index in [-0.39, 0.29) is 22.4 Å². The van der Waals surface area contributed by atoms with Crippen LogP contribution in [0.2, 0.25) is 0 Å². The predicted molar refractivity (Wildman–Crippen MR) is 109 cm³/mol. The number of carbonyl (C=O) groups is 2. The maximum absolute atomic E-state index is 12.9. The van der Waals surface area contributed by atoms with E-state index in [9.17, 15) is 24.8 Å². The molecule has 8 nitrogen and oxygen atoms in total. The maximum atomic E-state index is 12.9. The quantitative estimate of drug-likeness (QED) is 0.262. The minimum atomic E-state index is -1.29. The zero-order chi connectivity index (χ0) is 22.4. The molecule has 30 heavy (non-hydrogen) atoms. The fourth-order valence-corrected chi connectivity index (χ4v) is 3.25. The summed E-state index contributed by atoms with van der Waals surface area (Å²) in [6.07, 6.45) is 8.13. The van der Waals surface area contributed by atoms with Gasteiger partial charge in [-0.3, -0.25) is 10.1 Å². The van der Waals surface area contributed by atoms with E-state index in [2.05, 4.69) is 17.9 Å². The Labute approximate surface area is 174 Å². The molecule has 1 aliphatic heterocycles. The van der Waals surface area contributed by atoms with Gasteiger partial charge in [-0.05, 0) is 13.8 Å². The molecule has 0 saturated carbocycles. The van der Waals surface area contributed by atoms with Crippen LogP contribution in [0.25, 0.3) is 0 Å². The number of ether oxygens (including phenoxy) is 1. The monoisotopic (exact) mass is 408 g/mol. The zero-order valence-corrected chi connectivity index (χ0v) is 16.8. The minimum Gasteiger partial charge on any atom is -0.478 e. The standard InChI is InChI=1S/C22H20N2O6/c1-5-6-7-10-13-30-22(27)19-15(3)23(4)14(2)18(21(25)26)20(19)16-11-8-9-12-17(16)24(28)29/h1,8-9,11-12,20H,6-7H2,2-4H3,(H,25,26). The second-order valence-electron chi connectivity index (χ2n) is 6.48. The molecule has 8 heteroatoms. The van der Waals surface area contributed by atoms with Crippen LogP contribution in [-0.4, -0.2) is 33.9 Å². The SMILES string of the molecule is C#CCCC#COC(=O)C1=C(C)N(C)C(C)=C(C(=O)O)C1c1ccccc1[N+](=O)[O-]. The Bertz CT molecular complexity index is 1070. The fourth-order valence-electron chi connectivity index (χ4n) is 3.25. The molecule has 1 unspecified atom stereocenters. The summed E-state index contributed by atoms with van der Waals surface area (Å²) in [5.41, 5.74) is 0.386. The highest BCUT2D eigenvalue weighted by Crippen LogP contribution is 2.44. The third-order valence-corrected chi connectivity index (χ3v) is 4.87. The van der Waals surface area contributed by atoms with Gasteiger partial charge in [-0.15, -0.1) is 12.3 Å². The first-order valence-electron chi connectivity index (χ1n) is 8.96. The number of hydrogen-bond acceptors (Lipinski definition) is 6. The van der Waals surface area contributed by atoms with E-state index in [4.69, 9.17) is 11.2 Å². The highest BCUT2D eigenvalue weighted by atomic mass is 16.6. The molecule has 0 amide bonds. The molecule has 1 N–H and O–H groups in total. The van der Waals surface area contributed by atoms with Crippen molar-refractivity contribution in [2.24, 2.45) is 0 Å². The molecule has 154 valence electrons. The first kappa shape index (κ1) is 22.3. The molecule has 2 rings (SSSR count). The summed E-state index contributed by atoms with van der Waals surface area (Å²) in [6, 6.07) is 5.72. The Morgan fingerprint density at radius 1 is 1.23 bits per heavy atom. The van der Waals surface area contributed by atoms with Crippen LogP contribution in [0.3, 0.4) is 0 Å². The van der Waals surface area contributed by atoms with Crippen LogP contribution in [0.1, 0.15) is 38.2 Å². The summed E-state index contributed by atoms with van der Waals surface area (Å²) in [5.74, 6) is 1.65. The molecule has 1 heterocycles. The van der Waals surface area contributed by atoms with E-state index >= 15 is 0 Å². The summed E-state index contributed by atoms with van der Waals surface area (Å²) in [7, 11) is 1.61. The fraction of sp³-hybridized carbons (Fsp3) is 0.273. The van der Waals surface area contributed by atoms with Gasteiger partial charge in [0.2, 0.25) is 0 Å². The number of benzene rings is 1. The Hall–Kier alpha value is -4.04. The highest BCUT2D eigenvalue weighted by Gasteiger charge is 2.41. The molecule has 0 aliphatic carbocycles. The van der Waals surface area contributed by atoms with Crippen molar-refractivity contribution in [2.75, 3.05) is 7.05 Å². The zero-order valence-electron chi connectivity index (χ0n) is 16.8. The molecule has 1 aliphatic rings. The molecule has 0 saturated heterocycles. The number of carbonyl (C=O) groups excluding carboxylic acids is 1. The van der Waals surface area contributed by atoms with Crippen molar-refractivity contribution in [3.8, 4) is 24.4 Å². The number of carboxylic acids is 1. The van der Waals surface area contributed by atoms with Crippen LogP contribution in [0.4, 0.5) is 5.69 Å². The summed E-state index contributed by atoms with van der Waals surface area (Å²) < 4.78 is 5.02. The third-order valence-electron chi connectivity index (χ3n) is 4.87. The lowest BCUT2D eigenvalue weighted by Crippen LogP contribution is -2.33. The lowest BCUT2D eigenvalue weighted by Gasteiger charge is -2.34. The number of rotatable bonds is 5. The number of nitrogens with zero attached hydrogens (tertiary/aromatic N) is 2. The number of allylic oxidation sites excluding steroid dienone is 2. The average Bonchev–Trinajstić information content (AvgIpc) is 2.71. The number of para-hydroxylation sites is 1. The Morgan fingerprint density at radius 2 is 1.87 bits per heavy atom. The van der Waals surface area contributed by atoms with Gasteiger partial charge >= 0.3 is 11.9 Å². The van der Waals surface area contributed by atoms with Crippen LogP contribution >= 0.6 is 0 Å². The highest BCUT2D eigenvalue weighted by molar-refractivity contribution is 5.99. The van der Waals surface area contributed by atoms with Gasteiger partial charge in [-0.25, -0.2) is 9.59 Å². The number of nitro benzene ring substituents is 1. The van der Waals surface area contributed by atoms with Gasteiger partial charge in [0.05, 0.1) is 22.0 Å². The van der Waals surface area contributed by atoms with Crippen LogP contribution in [0.15, 0.2) is 46.8 Å². The Kier molecular flexibility index (Phi) is 7.00. The Morgan fingerprint density at radius 3 is 2.47 bits per heavy atom. The normalized spacial score (nSPS) is 15.8. The van der Waals surface area contributed by atoms with E-state index in [0.717, 1.165) is 0 Å². The van der Waals surface area contributed by atoms with Crippen LogP contribution in [0, 0.1) is 34.5 Å². The van der Waals surface area contributed by atoms with Crippen molar-refractivity contribution in [1.82, 2.24) is 4.90 Å². The topological polar surface area (TPSA) is 110 Å². The minimum absolute atomic E-state index is 0.0268. The van der Waals surface area contributed by atoms with E-state index in [1.54, 1.807) is 27.0 Å². The molecule has 0 radical (unpaired) electrons. The molecule has 1 atom stereocenters. The predicted octanol–water partition coefficient (Wildman–Crippen LogP) is 3.17. The number of unbranched alkanes of at least 4 members (excludes halogenated alkanes) is 1. The van der Waals surface area contributed by atoms with Gasteiger partial charge in [0.25, 0.3) is 5.69 Å². The van der Waals surface area contributed by atoms with Crippen molar-refractivity contribution in [2.45, 2.75) is 32.6 Å². The number of terminal acetylenes is 1. The van der Waals surface area contributed by atoms with Gasteiger partial charge in [0.1, 0.15) is 6.11 Å². The summed E-state index contributed by atoms with van der Waals surface area (Å²) in [5, 5.41) is 21.4. The number of nitro groups is 1. The smallest absolute Gasteiger partial charge is 0.350 e. The molecular formula is C22H20N2O6. The van der Waals surface area contributed by atoms with Crippen molar-refractivity contribution in [3.05, 3.63) is 62.5 Å². The van der Waals surface area contributed by atoms with Gasteiger partial charge in [0.15, 0.2) is 0 Å². The first-order chi connectivity index (χ1) is 14.2. The molecule has 1 aromatic carbocycles. The summed E-state index contributed by atoms with van der Waals surface area (Å²) in [6.45, 7) is 3.20. The van der Waals surface area contributed by atoms with Crippen LogP contribution in [-0.2, 0) is 14.3 Å². The van der Waals surface area contributed by atoms with Gasteiger partial charge in [0, 0.05) is 42.9 Å². The number of hydrogen-bond donors (Lipinski definition) is 1. The summed E-state index contributed by atoms with van der Waals surface area (Å²) in [4.78, 5) is 37.5. The van der Waals surface area contributed by atoms with Crippen LogP contribution < -0.4 is 0 Å². The average molecular weight is 408 g/mol. The van der Waals surface area contributed by atoms with Crippen molar-refractivity contribution >= 4 is 17.6 Å². The van der Waals surface area contributed by atoms with Gasteiger partial charge < -0.3 is 14.7 Å². The second-order valence-corrected chi connectivity index (χ2v) is 6.48. The summed E-state index contributed by atoms with van der Waals surface area (Å²) >= 11 is 0. The lowest BCUT2D eigenvalue weighted by atomic mass is 9.79.